The van der Waals surface area contributed by atoms with E-state index in [9.17, 15) is 0 Å². The molecule has 130 valence electrons. The second-order valence-electron chi connectivity index (χ2n) is 11.3. The highest BCUT2D eigenvalue weighted by Gasteiger charge is 2.65. The molecule has 0 nitrogen and oxygen atoms in total. The maximum Gasteiger partial charge on any atom is -0.00763 e. The average molecular weight is 323 g/mol. The third kappa shape index (κ3) is 1.54. The Balaban J connectivity index is 1.40. The molecule has 4 fully saturated rings. The van der Waals surface area contributed by atoms with Crippen molar-refractivity contribution >= 4 is 0 Å². The summed E-state index contributed by atoms with van der Waals surface area (Å²) >= 11 is 0. The molecule has 0 radical (unpaired) electrons. The van der Waals surface area contributed by atoms with Gasteiger partial charge in [-0.3, -0.25) is 0 Å². The fourth-order valence-corrected chi connectivity index (χ4v) is 8.63. The van der Waals surface area contributed by atoms with Crippen LogP contribution in [0.1, 0.15) is 85.0 Å². The monoisotopic (exact) mass is 322 g/mol. The Bertz CT molecular complexity index is 666. The van der Waals surface area contributed by atoms with Gasteiger partial charge in [-0.15, -0.1) is 0 Å². The maximum absolute atomic E-state index is 2.68. The van der Waals surface area contributed by atoms with Crippen molar-refractivity contribution in [2.75, 3.05) is 0 Å². The molecular formula is C24H34. The lowest BCUT2D eigenvalue weighted by Gasteiger charge is -2.52. The minimum absolute atomic E-state index is 0.586. The largest absolute Gasteiger partial charge is 0.0763 e. The molecule has 0 aliphatic heterocycles. The summed E-state index contributed by atoms with van der Waals surface area (Å²) in [5, 5.41) is 0. The van der Waals surface area contributed by atoms with E-state index < -0.39 is 0 Å². The van der Waals surface area contributed by atoms with Gasteiger partial charge in [-0.05, 0) is 115 Å². The van der Waals surface area contributed by atoms with Crippen molar-refractivity contribution in [3.8, 4) is 0 Å². The van der Waals surface area contributed by atoms with Gasteiger partial charge in [-0.1, -0.05) is 32.4 Å². The van der Waals surface area contributed by atoms with Gasteiger partial charge < -0.3 is 0 Å². The van der Waals surface area contributed by atoms with Crippen molar-refractivity contribution < 1.29 is 0 Å². The zero-order chi connectivity index (χ0) is 16.3. The number of hydrogen-bond acceptors (Lipinski definition) is 0. The summed E-state index contributed by atoms with van der Waals surface area (Å²) in [5.74, 6) is 4.06. The Labute approximate surface area is 148 Å². The molecular weight excluding hydrogens is 288 g/mol. The zero-order valence-corrected chi connectivity index (χ0v) is 16.0. The van der Waals surface area contributed by atoms with Crippen LogP contribution in [-0.4, -0.2) is 0 Å². The normalized spacial score (nSPS) is 53.5. The Hall–Kier alpha value is -0.520. The number of fused-ring (bicyclic) bond motifs is 4. The van der Waals surface area contributed by atoms with E-state index in [0.717, 1.165) is 23.7 Å². The number of rotatable bonds is 3. The van der Waals surface area contributed by atoms with Crippen molar-refractivity contribution in [2.24, 2.45) is 39.9 Å². The first-order chi connectivity index (χ1) is 11.4. The molecule has 0 amide bonds. The van der Waals surface area contributed by atoms with E-state index in [-0.39, 0.29) is 0 Å². The Morgan fingerprint density at radius 1 is 1.00 bits per heavy atom. The fourth-order valence-electron chi connectivity index (χ4n) is 8.63. The smallest absolute Gasteiger partial charge is 0.00763 e. The first-order valence-electron chi connectivity index (χ1n) is 10.9. The molecule has 0 aromatic carbocycles. The van der Waals surface area contributed by atoms with Gasteiger partial charge in [0.05, 0.1) is 0 Å². The van der Waals surface area contributed by atoms with E-state index in [1.54, 1.807) is 31.3 Å². The Morgan fingerprint density at radius 2 is 1.75 bits per heavy atom. The summed E-state index contributed by atoms with van der Waals surface area (Å²) in [7, 11) is 0. The molecule has 6 aliphatic carbocycles. The maximum atomic E-state index is 2.68. The van der Waals surface area contributed by atoms with Crippen molar-refractivity contribution in [2.45, 2.75) is 85.0 Å². The third-order valence-electron chi connectivity index (χ3n) is 10.6. The first kappa shape index (κ1) is 14.6. The highest BCUT2D eigenvalue weighted by Crippen LogP contribution is 2.74. The predicted octanol–water partition coefficient (Wildman–Crippen LogP) is 6.68. The van der Waals surface area contributed by atoms with Crippen LogP contribution in [0, 0.1) is 39.9 Å². The highest BCUT2D eigenvalue weighted by molar-refractivity contribution is 5.54. The lowest BCUT2D eigenvalue weighted by atomic mass is 9.52. The van der Waals surface area contributed by atoms with Crippen molar-refractivity contribution in [1.29, 1.82) is 0 Å². The van der Waals surface area contributed by atoms with Crippen LogP contribution in [0.15, 0.2) is 22.8 Å². The lowest BCUT2D eigenvalue weighted by Crippen LogP contribution is -2.43. The summed E-state index contributed by atoms with van der Waals surface area (Å²) in [5.41, 5.74) is 7.56. The molecule has 0 heterocycles. The van der Waals surface area contributed by atoms with E-state index in [1.165, 1.54) is 38.5 Å². The SMILES string of the molecule is CC1(C)C2CCC1(C)C(C1CC(C3=CC3)=C1C13CCC(CC1)C3)C2. The molecule has 0 saturated heterocycles. The van der Waals surface area contributed by atoms with Crippen LogP contribution in [0.4, 0.5) is 0 Å². The second kappa shape index (κ2) is 4.24. The molecule has 0 aromatic heterocycles. The molecule has 0 N–H and O–H groups in total. The quantitative estimate of drug-likeness (QED) is 0.544. The summed E-state index contributed by atoms with van der Waals surface area (Å²) in [6.07, 6.45) is 17.6. The predicted molar refractivity (Wildman–Crippen MR) is 99.6 cm³/mol. The van der Waals surface area contributed by atoms with Gasteiger partial charge in [0.25, 0.3) is 0 Å². The molecule has 6 aliphatic rings. The van der Waals surface area contributed by atoms with Crippen molar-refractivity contribution in [3.05, 3.63) is 22.8 Å². The molecule has 4 unspecified atom stereocenters. The second-order valence-corrected chi connectivity index (χ2v) is 11.3. The van der Waals surface area contributed by atoms with Gasteiger partial charge in [-0.25, -0.2) is 0 Å². The van der Waals surface area contributed by atoms with E-state index in [0.29, 0.717) is 16.2 Å². The standard InChI is InChI=1S/C24H34/c1-22(2)17-8-9-23(22,3)20(12-17)19-13-18(16-4-5-16)21(19)24-10-6-15(14-24)7-11-24/h4,15,17,19-20H,5-14H2,1-3H3. The van der Waals surface area contributed by atoms with Gasteiger partial charge in [0.2, 0.25) is 0 Å². The lowest BCUT2D eigenvalue weighted by molar-refractivity contribution is 0.0604. The van der Waals surface area contributed by atoms with E-state index >= 15 is 0 Å². The minimum atomic E-state index is 0.586. The van der Waals surface area contributed by atoms with Crippen LogP contribution in [0.2, 0.25) is 0 Å². The minimum Gasteiger partial charge on any atom is -0.0763 e. The molecule has 4 saturated carbocycles. The van der Waals surface area contributed by atoms with Crippen LogP contribution in [0.25, 0.3) is 0 Å². The highest BCUT2D eigenvalue weighted by atomic mass is 14.7. The van der Waals surface area contributed by atoms with Crippen LogP contribution in [-0.2, 0) is 0 Å². The van der Waals surface area contributed by atoms with Crippen LogP contribution < -0.4 is 0 Å². The van der Waals surface area contributed by atoms with Gasteiger partial charge in [0.1, 0.15) is 0 Å². The van der Waals surface area contributed by atoms with Crippen molar-refractivity contribution in [3.63, 3.8) is 0 Å². The van der Waals surface area contributed by atoms with Crippen molar-refractivity contribution in [1.82, 2.24) is 0 Å². The van der Waals surface area contributed by atoms with Crippen LogP contribution in [0.3, 0.4) is 0 Å². The summed E-state index contributed by atoms with van der Waals surface area (Å²) < 4.78 is 0. The van der Waals surface area contributed by atoms with Crippen LogP contribution >= 0.6 is 0 Å². The summed E-state index contributed by atoms with van der Waals surface area (Å²) in [4.78, 5) is 0. The van der Waals surface area contributed by atoms with Crippen LogP contribution in [0.5, 0.6) is 0 Å². The Kier molecular flexibility index (Phi) is 2.58. The summed E-state index contributed by atoms with van der Waals surface area (Å²) in [6, 6.07) is 0. The fraction of sp³-hybridized carbons (Fsp3) is 0.833. The first-order valence-corrected chi connectivity index (χ1v) is 10.9. The zero-order valence-electron chi connectivity index (χ0n) is 16.0. The number of hydrogen-bond donors (Lipinski definition) is 0. The Morgan fingerprint density at radius 3 is 2.25 bits per heavy atom. The average Bonchev–Trinajstić information content (AvgIpc) is 3.02. The topological polar surface area (TPSA) is 0 Å². The summed E-state index contributed by atoms with van der Waals surface area (Å²) in [6.45, 7) is 7.90. The van der Waals surface area contributed by atoms with Gasteiger partial charge in [0, 0.05) is 0 Å². The van der Waals surface area contributed by atoms with Gasteiger partial charge in [-0.2, -0.15) is 0 Å². The third-order valence-corrected chi connectivity index (χ3v) is 10.6. The molecule has 6 rings (SSSR count). The van der Waals surface area contributed by atoms with E-state index in [1.807, 2.05) is 11.1 Å². The van der Waals surface area contributed by atoms with E-state index in [2.05, 4.69) is 26.8 Å². The van der Waals surface area contributed by atoms with Gasteiger partial charge >= 0.3 is 0 Å². The molecule has 0 aromatic rings. The molecule has 0 heteroatoms. The molecule has 0 spiro atoms. The van der Waals surface area contributed by atoms with Gasteiger partial charge in [0.15, 0.2) is 0 Å². The molecule has 4 atom stereocenters. The molecule has 24 heavy (non-hydrogen) atoms. The van der Waals surface area contributed by atoms with E-state index in [4.69, 9.17) is 0 Å². The number of allylic oxidation sites excluding steroid dienone is 4. The molecule has 4 bridgehead atoms.